The fourth-order valence-electron chi connectivity index (χ4n) is 8.03. The lowest BCUT2D eigenvalue weighted by atomic mass is 10.0. The van der Waals surface area contributed by atoms with Gasteiger partial charge in [-0.2, -0.15) is 0 Å². The van der Waals surface area contributed by atoms with Gasteiger partial charge in [-0.1, -0.05) is 154 Å². The second-order valence-corrected chi connectivity index (χ2v) is 19.7. The maximum Gasteiger partial charge on any atom is 0.305 e. The number of ether oxygens (including phenoxy) is 4. The zero-order valence-corrected chi connectivity index (χ0v) is 41.9. The topological polar surface area (TPSA) is 105 Å². The normalized spacial score (nSPS) is 11.8. The molecular weight excluding hydrogens is 781 g/mol. The predicted molar refractivity (Wildman–Crippen MR) is 256 cm³/mol. The van der Waals surface area contributed by atoms with Gasteiger partial charge in [-0.15, -0.1) is 0 Å². The minimum Gasteiger partial charge on any atom is -0.466 e. The molecule has 0 spiro atoms. The maximum absolute atomic E-state index is 12.1. The van der Waals surface area contributed by atoms with Crippen LogP contribution in [-0.4, -0.2) is 114 Å². The molecule has 0 aliphatic carbocycles. The average Bonchev–Trinajstić information content (AvgIpc) is 3.20. The molecule has 0 saturated heterocycles. The molecule has 0 rings (SSSR count). The molecule has 0 aliphatic rings. The predicted octanol–water partition coefficient (Wildman–Crippen LogP) is 12.6. The minimum absolute atomic E-state index is 0.0196. The van der Waals surface area contributed by atoms with Crippen LogP contribution < -0.4 is 0 Å². The van der Waals surface area contributed by atoms with Crippen LogP contribution in [0.4, 0.5) is 0 Å². The molecule has 62 heavy (non-hydrogen) atoms. The Labute approximate surface area is 382 Å². The van der Waals surface area contributed by atoms with Crippen molar-refractivity contribution in [2.75, 3.05) is 80.8 Å². The second kappa shape index (κ2) is 42.7. The van der Waals surface area contributed by atoms with E-state index in [9.17, 15) is 19.2 Å². The van der Waals surface area contributed by atoms with Crippen LogP contribution in [0.1, 0.15) is 232 Å². The minimum atomic E-state index is -0.196. The molecule has 0 heterocycles. The van der Waals surface area contributed by atoms with Crippen molar-refractivity contribution < 1.29 is 47.1 Å². The number of likely N-dealkylation sites (N-methyl/N-ethyl adjacent to an activating group) is 2. The molecule has 0 aromatic heterocycles. The van der Waals surface area contributed by atoms with Crippen LogP contribution >= 0.6 is 0 Å². The number of carbonyl (C=O) groups excluding carboxylic acids is 4. The Balaban J connectivity index is 3.32. The smallest absolute Gasteiger partial charge is 0.305 e. The van der Waals surface area contributed by atoms with Gasteiger partial charge in [0, 0.05) is 26.7 Å². The Hall–Kier alpha value is -2.20. The van der Waals surface area contributed by atoms with Crippen LogP contribution in [-0.2, 0) is 38.1 Å². The van der Waals surface area contributed by atoms with Crippen molar-refractivity contribution in [2.45, 2.75) is 232 Å². The van der Waals surface area contributed by atoms with Crippen molar-refractivity contribution >= 4 is 23.9 Å². The van der Waals surface area contributed by atoms with Crippen molar-refractivity contribution in [2.24, 2.45) is 0 Å². The molecule has 0 N–H and O–H groups in total. The highest BCUT2D eigenvalue weighted by molar-refractivity contribution is 5.69. The fourth-order valence-corrected chi connectivity index (χ4v) is 8.03. The van der Waals surface area contributed by atoms with Gasteiger partial charge >= 0.3 is 23.9 Å². The average molecular weight is 883 g/mol. The lowest BCUT2D eigenvalue weighted by molar-refractivity contribution is -0.890. The van der Waals surface area contributed by atoms with Gasteiger partial charge in [-0.3, -0.25) is 19.2 Å². The summed E-state index contributed by atoms with van der Waals surface area (Å²) < 4.78 is 22.9. The Morgan fingerprint density at radius 3 is 0.758 bits per heavy atom. The molecule has 366 valence electrons. The summed E-state index contributed by atoms with van der Waals surface area (Å²) in [6, 6.07) is 0. The summed E-state index contributed by atoms with van der Waals surface area (Å²) in [6.07, 6.45) is 40.3. The van der Waals surface area contributed by atoms with Gasteiger partial charge in [0.1, 0.15) is 26.3 Å². The third-order valence-corrected chi connectivity index (χ3v) is 12.4. The van der Waals surface area contributed by atoms with Gasteiger partial charge in [0.15, 0.2) is 0 Å². The van der Waals surface area contributed by atoms with E-state index in [1.165, 1.54) is 168 Å². The molecule has 0 aromatic carbocycles. The van der Waals surface area contributed by atoms with Crippen molar-refractivity contribution in [1.29, 1.82) is 0 Å². The summed E-state index contributed by atoms with van der Waals surface area (Å²) in [5.74, 6) is -0.432. The van der Waals surface area contributed by atoms with Gasteiger partial charge in [0.05, 0.1) is 54.5 Å². The van der Waals surface area contributed by atoms with Gasteiger partial charge in [0.2, 0.25) is 0 Å². The number of quaternary nitrogens is 2. The van der Waals surface area contributed by atoms with E-state index in [-0.39, 0.29) is 23.9 Å². The molecule has 0 fully saturated rings. The van der Waals surface area contributed by atoms with Crippen LogP contribution in [0.2, 0.25) is 0 Å². The highest BCUT2D eigenvalue weighted by Crippen LogP contribution is 2.16. The summed E-state index contributed by atoms with van der Waals surface area (Å²) in [7, 11) is 8.82. The molecule has 0 bridgehead atoms. The van der Waals surface area contributed by atoms with Crippen molar-refractivity contribution in [3.63, 3.8) is 0 Å². The van der Waals surface area contributed by atoms with Gasteiger partial charge in [-0.05, 0) is 51.4 Å². The molecule has 0 aromatic rings. The van der Waals surface area contributed by atoms with Gasteiger partial charge < -0.3 is 27.9 Å². The number of unbranched alkanes of at least 4 members (excludes halogenated alkanes) is 29. The summed E-state index contributed by atoms with van der Waals surface area (Å²) in [4.78, 5) is 46.0. The Bertz CT molecular complexity index is 983. The fraction of sp³-hybridized carbons (Fsp3) is 0.923. The Morgan fingerprint density at radius 2 is 0.500 bits per heavy atom. The molecule has 0 radical (unpaired) electrons. The summed E-state index contributed by atoms with van der Waals surface area (Å²) >= 11 is 0. The van der Waals surface area contributed by atoms with Gasteiger partial charge in [0.25, 0.3) is 0 Å². The lowest BCUT2D eigenvalue weighted by Gasteiger charge is -2.29. The first kappa shape index (κ1) is 59.8. The first-order valence-electron chi connectivity index (χ1n) is 26.0. The van der Waals surface area contributed by atoms with Crippen LogP contribution in [0.15, 0.2) is 0 Å². The Morgan fingerprint density at radius 1 is 0.274 bits per heavy atom. The highest BCUT2D eigenvalue weighted by atomic mass is 16.5. The maximum atomic E-state index is 12.1. The number of hydrogen-bond donors (Lipinski definition) is 0. The molecule has 10 nitrogen and oxygen atoms in total. The van der Waals surface area contributed by atoms with E-state index in [0.717, 1.165) is 86.5 Å². The first-order chi connectivity index (χ1) is 29.8. The standard InChI is InChI=1S/C52H102N2O8/c1-49(55)59-47-43-53(3,4)41-35-29-23-17-13-15-21-27-33-39-51(57)61-45-37-31-25-19-11-9-7-8-10-12-20-26-32-38-46-62-52(58)40-34-28-22-16-14-18-24-30-36-42-54(5,6)44-48-60-50(2)56/h7-48H2,1-6H3/q+2. The summed E-state index contributed by atoms with van der Waals surface area (Å²) in [5, 5.41) is 0. The summed E-state index contributed by atoms with van der Waals surface area (Å²) in [6.45, 7) is 9.09. The van der Waals surface area contributed by atoms with E-state index in [2.05, 4.69) is 28.2 Å². The van der Waals surface area contributed by atoms with Crippen molar-refractivity contribution in [1.82, 2.24) is 0 Å². The van der Waals surface area contributed by atoms with Crippen LogP contribution in [0.25, 0.3) is 0 Å². The molecule has 0 aliphatic heterocycles. The zero-order valence-electron chi connectivity index (χ0n) is 41.9. The Kier molecular flexibility index (Phi) is 41.2. The molecule has 0 saturated carbocycles. The largest absolute Gasteiger partial charge is 0.466 e. The highest BCUT2D eigenvalue weighted by Gasteiger charge is 2.16. The lowest BCUT2D eigenvalue weighted by Crippen LogP contribution is -2.43. The number of esters is 4. The van der Waals surface area contributed by atoms with Crippen LogP contribution in [0.5, 0.6) is 0 Å². The third kappa shape index (κ3) is 47.3. The molecule has 0 unspecified atom stereocenters. The van der Waals surface area contributed by atoms with Crippen LogP contribution in [0, 0.1) is 0 Å². The van der Waals surface area contributed by atoms with Crippen molar-refractivity contribution in [3.8, 4) is 0 Å². The van der Waals surface area contributed by atoms with Crippen molar-refractivity contribution in [3.05, 3.63) is 0 Å². The van der Waals surface area contributed by atoms with E-state index >= 15 is 0 Å². The number of rotatable bonds is 47. The quantitative estimate of drug-likeness (QED) is 0.0258. The monoisotopic (exact) mass is 883 g/mol. The molecule has 10 heteroatoms. The number of nitrogens with zero attached hydrogens (tertiary/aromatic N) is 2. The molecule has 0 atom stereocenters. The number of carbonyl (C=O) groups is 4. The molecule has 0 amide bonds. The third-order valence-electron chi connectivity index (χ3n) is 12.4. The summed E-state index contributed by atoms with van der Waals surface area (Å²) in [5.41, 5.74) is 0. The van der Waals surface area contributed by atoms with Gasteiger partial charge in [-0.25, -0.2) is 0 Å². The first-order valence-corrected chi connectivity index (χ1v) is 26.0. The van der Waals surface area contributed by atoms with E-state index in [0.29, 0.717) is 39.3 Å². The molecular formula is C52H102N2O8+2. The SMILES string of the molecule is CC(=O)OCC[N+](C)(C)CCCCCCCCCCCC(=O)OCCCCCCCCCCCCCCCCOC(=O)CCCCCCCCCCC[N+](C)(C)CCOC(C)=O. The van der Waals surface area contributed by atoms with E-state index in [1.807, 2.05) is 0 Å². The van der Waals surface area contributed by atoms with Crippen LogP contribution in [0.3, 0.4) is 0 Å². The number of hydrogen-bond acceptors (Lipinski definition) is 8. The zero-order chi connectivity index (χ0) is 45.8. The second-order valence-electron chi connectivity index (χ2n) is 19.7. The van der Waals surface area contributed by atoms with E-state index in [4.69, 9.17) is 18.9 Å². The van der Waals surface area contributed by atoms with E-state index in [1.54, 1.807) is 0 Å². The van der Waals surface area contributed by atoms with E-state index < -0.39 is 0 Å².